The second-order valence-corrected chi connectivity index (χ2v) is 10.1. The number of sulfonamides is 1. The molecule has 1 amide bonds. The molecule has 2 aromatic rings. The van der Waals surface area contributed by atoms with Gasteiger partial charge in [-0.25, -0.2) is 13.8 Å². The van der Waals surface area contributed by atoms with Gasteiger partial charge in [-0.3, -0.25) is 9.69 Å². The van der Waals surface area contributed by atoms with Gasteiger partial charge >= 0.3 is 0 Å². The number of benzene rings is 1. The van der Waals surface area contributed by atoms with E-state index in [2.05, 4.69) is 26.5 Å². The number of rotatable bonds is 6. The fourth-order valence-electron chi connectivity index (χ4n) is 2.81. The molecule has 2 heterocycles. The van der Waals surface area contributed by atoms with E-state index in [0.717, 1.165) is 15.1 Å². The second kappa shape index (κ2) is 9.27. The number of nitrogens with zero attached hydrogens (tertiary/aromatic N) is 3. The Morgan fingerprint density at radius 2 is 1.86 bits per heavy atom. The van der Waals surface area contributed by atoms with E-state index in [1.165, 1.54) is 4.31 Å². The van der Waals surface area contributed by atoms with Crippen molar-refractivity contribution in [2.24, 2.45) is 5.10 Å². The lowest BCUT2D eigenvalue weighted by molar-refractivity contribution is -0.122. The molecule has 10 heteroatoms. The first-order valence-electron chi connectivity index (χ1n) is 8.71. The van der Waals surface area contributed by atoms with Crippen LogP contribution in [0.2, 0.25) is 0 Å². The second-order valence-electron chi connectivity index (χ2n) is 6.34. The molecule has 1 N–H and O–H groups in total. The molecule has 1 aliphatic rings. The number of nitrogens with one attached hydrogen (secondary N) is 1. The quantitative estimate of drug-likeness (QED) is 0.503. The van der Waals surface area contributed by atoms with Gasteiger partial charge in [0.1, 0.15) is 0 Å². The van der Waals surface area contributed by atoms with Gasteiger partial charge in [0.2, 0.25) is 10.0 Å². The Hall–Kier alpha value is -1.59. The summed E-state index contributed by atoms with van der Waals surface area (Å²) in [6.07, 6.45) is 0. The largest absolute Gasteiger partial charge is 0.292 e. The normalized spacial score (nSPS) is 16.9. The fraction of sp³-hybridized carbons (Fsp3) is 0.333. The molecule has 0 aliphatic carbocycles. The van der Waals surface area contributed by atoms with Crippen LogP contribution in [0.4, 0.5) is 0 Å². The van der Waals surface area contributed by atoms with Gasteiger partial charge in [0.15, 0.2) is 0 Å². The monoisotopic (exact) mass is 484 g/mol. The predicted octanol–water partition coefficient (Wildman–Crippen LogP) is 2.36. The molecule has 0 atom stereocenters. The Bertz CT molecular complexity index is 936. The molecular weight excluding hydrogens is 464 g/mol. The van der Waals surface area contributed by atoms with Gasteiger partial charge in [-0.15, -0.1) is 11.3 Å². The first-order chi connectivity index (χ1) is 13.4. The zero-order valence-electron chi connectivity index (χ0n) is 15.3. The minimum absolute atomic E-state index is 0.188. The Balaban J connectivity index is 1.50. The highest BCUT2D eigenvalue weighted by atomic mass is 79.9. The van der Waals surface area contributed by atoms with Crippen LogP contribution in [0.1, 0.15) is 11.8 Å². The Kier molecular flexibility index (Phi) is 7.00. The molecule has 7 nitrogen and oxygen atoms in total. The van der Waals surface area contributed by atoms with Crippen molar-refractivity contribution in [3.05, 3.63) is 51.1 Å². The number of carbonyl (C=O) groups is 1. The number of hydrazone groups is 1. The molecule has 0 bridgehead atoms. The molecule has 0 spiro atoms. The van der Waals surface area contributed by atoms with Crippen molar-refractivity contribution in [2.45, 2.75) is 11.8 Å². The van der Waals surface area contributed by atoms with Gasteiger partial charge in [0.25, 0.3) is 5.91 Å². The third-order valence-corrected chi connectivity index (χ3v) is 7.80. The highest BCUT2D eigenvalue weighted by molar-refractivity contribution is 9.10. The van der Waals surface area contributed by atoms with E-state index in [1.54, 1.807) is 35.6 Å². The van der Waals surface area contributed by atoms with Crippen LogP contribution in [0.25, 0.3) is 0 Å². The highest BCUT2D eigenvalue weighted by Crippen LogP contribution is 2.20. The minimum atomic E-state index is -3.51. The van der Waals surface area contributed by atoms with Gasteiger partial charge < -0.3 is 0 Å². The predicted molar refractivity (Wildman–Crippen MR) is 114 cm³/mol. The zero-order chi connectivity index (χ0) is 20.1. The number of carbonyl (C=O) groups excluding carboxylic acids is 1. The standard InChI is InChI=1S/C18H21BrN4O3S2/c1-14(17-3-2-12-27-17)20-21-18(24)13-22-8-10-23(11-9-22)28(25,26)16-6-4-15(19)5-7-16/h2-7,12H,8-11,13H2,1H3,(H,21,24). The summed E-state index contributed by atoms with van der Waals surface area (Å²) in [6, 6.07) is 10.5. The summed E-state index contributed by atoms with van der Waals surface area (Å²) in [5.41, 5.74) is 3.33. The summed E-state index contributed by atoms with van der Waals surface area (Å²) >= 11 is 4.87. The molecule has 1 aliphatic heterocycles. The third kappa shape index (κ3) is 5.26. The molecule has 150 valence electrons. The van der Waals surface area contributed by atoms with Gasteiger partial charge in [0, 0.05) is 35.5 Å². The van der Waals surface area contributed by atoms with Crippen LogP contribution in [-0.4, -0.2) is 62.0 Å². The van der Waals surface area contributed by atoms with Gasteiger partial charge in [-0.2, -0.15) is 9.41 Å². The van der Waals surface area contributed by atoms with Crippen molar-refractivity contribution in [2.75, 3.05) is 32.7 Å². The van der Waals surface area contributed by atoms with E-state index in [1.807, 2.05) is 29.3 Å². The van der Waals surface area contributed by atoms with Crippen LogP contribution in [-0.2, 0) is 14.8 Å². The molecule has 0 saturated carbocycles. The Labute approximate surface area is 177 Å². The first kappa shape index (κ1) is 21.1. The first-order valence-corrected chi connectivity index (χ1v) is 11.8. The van der Waals surface area contributed by atoms with Gasteiger partial charge in [0.05, 0.1) is 17.2 Å². The lowest BCUT2D eigenvalue weighted by Gasteiger charge is -2.33. The topological polar surface area (TPSA) is 82.1 Å². The van der Waals surface area contributed by atoms with Crippen LogP contribution in [0, 0.1) is 0 Å². The number of amides is 1. The van der Waals surface area contributed by atoms with Crippen molar-refractivity contribution >= 4 is 48.9 Å². The number of piperazine rings is 1. The molecule has 0 radical (unpaired) electrons. The number of hydrogen-bond donors (Lipinski definition) is 1. The van der Waals surface area contributed by atoms with E-state index in [0.29, 0.717) is 26.2 Å². The van der Waals surface area contributed by atoms with Crippen LogP contribution >= 0.6 is 27.3 Å². The van der Waals surface area contributed by atoms with Crippen molar-refractivity contribution in [3.8, 4) is 0 Å². The van der Waals surface area contributed by atoms with E-state index in [-0.39, 0.29) is 17.3 Å². The molecule has 1 aromatic heterocycles. The minimum Gasteiger partial charge on any atom is -0.292 e. The maximum Gasteiger partial charge on any atom is 0.254 e. The van der Waals surface area contributed by atoms with Crippen LogP contribution in [0.3, 0.4) is 0 Å². The summed E-state index contributed by atoms with van der Waals surface area (Å²) in [4.78, 5) is 15.3. The smallest absolute Gasteiger partial charge is 0.254 e. The summed E-state index contributed by atoms with van der Waals surface area (Å²) in [6.45, 7) is 3.73. The third-order valence-electron chi connectivity index (χ3n) is 4.38. The molecule has 1 fully saturated rings. The number of hydrogen-bond acceptors (Lipinski definition) is 6. The molecule has 1 aromatic carbocycles. The summed E-state index contributed by atoms with van der Waals surface area (Å²) in [7, 11) is -3.51. The van der Waals surface area contributed by atoms with Crippen molar-refractivity contribution in [1.29, 1.82) is 0 Å². The summed E-state index contributed by atoms with van der Waals surface area (Å²) in [5.74, 6) is -0.208. The molecule has 0 unspecified atom stereocenters. The van der Waals surface area contributed by atoms with Gasteiger partial charge in [-0.05, 0) is 42.6 Å². The maximum absolute atomic E-state index is 12.7. The van der Waals surface area contributed by atoms with E-state index in [9.17, 15) is 13.2 Å². The van der Waals surface area contributed by atoms with E-state index >= 15 is 0 Å². The Morgan fingerprint density at radius 1 is 1.18 bits per heavy atom. The molecule has 1 saturated heterocycles. The average molecular weight is 485 g/mol. The number of thiophene rings is 1. The highest BCUT2D eigenvalue weighted by Gasteiger charge is 2.28. The van der Waals surface area contributed by atoms with Crippen LogP contribution < -0.4 is 5.43 Å². The molecule has 28 heavy (non-hydrogen) atoms. The molecule has 3 rings (SSSR count). The average Bonchev–Trinajstić information content (AvgIpc) is 3.22. The SMILES string of the molecule is CC(=NNC(=O)CN1CCN(S(=O)(=O)c2ccc(Br)cc2)CC1)c1cccs1. The van der Waals surface area contributed by atoms with Crippen molar-refractivity contribution in [3.63, 3.8) is 0 Å². The fourth-order valence-corrected chi connectivity index (χ4v) is 5.17. The zero-order valence-corrected chi connectivity index (χ0v) is 18.6. The lowest BCUT2D eigenvalue weighted by Crippen LogP contribution is -2.50. The van der Waals surface area contributed by atoms with E-state index < -0.39 is 10.0 Å². The van der Waals surface area contributed by atoms with Crippen molar-refractivity contribution < 1.29 is 13.2 Å². The molecular formula is C18H21BrN4O3S2. The van der Waals surface area contributed by atoms with E-state index in [4.69, 9.17) is 0 Å². The summed E-state index contributed by atoms with van der Waals surface area (Å²) < 4.78 is 27.7. The van der Waals surface area contributed by atoms with Crippen LogP contribution in [0.15, 0.2) is 56.2 Å². The van der Waals surface area contributed by atoms with Crippen molar-refractivity contribution in [1.82, 2.24) is 14.6 Å². The summed E-state index contributed by atoms with van der Waals surface area (Å²) in [5, 5.41) is 6.08. The number of halogens is 1. The Morgan fingerprint density at radius 3 is 2.46 bits per heavy atom. The van der Waals surface area contributed by atoms with Gasteiger partial charge in [-0.1, -0.05) is 22.0 Å². The maximum atomic E-state index is 12.7. The lowest BCUT2D eigenvalue weighted by atomic mass is 10.3. The van der Waals surface area contributed by atoms with Crippen LogP contribution in [0.5, 0.6) is 0 Å².